The molecule has 1 aliphatic carbocycles. The summed E-state index contributed by atoms with van der Waals surface area (Å²) in [5, 5.41) is 15.3. The molecule has 0 aliphatic heterocycles. The summed E-state index contributed by atoms with van der Waals surface area (Å²) in [7, 11) is 0. The van der Waals surface area contributed by atoms with E-state index in [9.17, 15) is 9.90 Å². The van der Waals surface area contributed by atoms with Crippen LogP contribution in [0.25, 0.3) is 0 Å². The predicted molar refractivity (Wildman–Crippen MR) is 70.5 cm³/mol. The van der Waals surface area contributed by atoms with Crippen LogP contribution >= 0.6 is 11.3 Å². The molecule has 1 aromatic rings. The van der Waals surface area contributed by atoms with Gasteiger partial charge in [0.2, 0.25) is 0 Å². The minimum absolute atomic E-state index is 0.157. The maximum Gasteiger partial charge on any atom is 0.270 e. The highest BCUT2D eigenvalue weighted by Crippen LogP contribution is 2.28. The second kappa shape index (κ2) is 5.34. The van der Waals surface area contributed by atoms with Crippen molar-refractivity contribution in [1.29, 1.82) is 0 Å². The van der Waals surface area contributed by atoms with Crippen LogP contribution in [0.15, 0.2) is 5.38 Å². The lowest BCUT2D eigenvalue weighted by Gasteiger charge is -2.21. The highest BCUT2D eigenvalue weighted by molar-refractivity contribution is 7.09. The van der Waals surface area contributed by atoms with Gasteiger partial charge in [0.15, 0.2) is 0 Å². The Hall–Kier alpha value is -0.980. The number of hydrogen-bond acceptors (Lipinski definition) is 5. The lowest BCUT2D eigenvalue weighted by atomic mass is 10.0. The van der Waals surface area contributed by atoms with E-state index in [4.69, 9.17) is 5.73 Å². The molecule has 18 heavy (non-hydrogen) atoms. The van der Waals surface area contributed by atoms with Gasteiger partial charge in [-0.15, -0.1) is 11.3 Å². The van der Waals surface area contributed by atoms with Gasteiger partial charge in [0, 0.05) is 11.9 Å². The quantitative estimate of drug-likeness (QED) is 0.766. The molecule has 0 bridgehead atoms. The Balaban J connectivity index is 1.91. The molecule has 4 N–H and O–H groups in total. The molecule has 1 heterocycles. The highest BCUT2D eigenvalue weighted by Gasteiger charge is 2.31. The van der Waals surface area contributed by atoms with Crippen molar-refractivity contribution in [2.24, 2.45) is 5.73 Å². The Morgan fingerprint density at radius 2 is 2.33 bits per heavy atom. The number of amides is 1. The van der Waals surface area contributed by atoms with E-state index in [2.05, 4.69) is 10.3 Å². The number of carbonyl (C=O) groups excluding carboxylic acids is 1. The molecule has 0 radical (unpaired) electrons. The van der Waals surface area contributed by atoms with Crippen LogP contribution in [0.1, 0.15) is 54.1 Å². The van der Waals surface area contributed by atoms with E-state index in [1.54, 1.807) is 5.38 Å². The van der Waals surface area contributed by atoms with Crippen molar-refractivity contribution in [3.8, 4) is 0 Å². The first-order valence-corrected chi connectivity index (χ1v) is 7.10. The van der Waals surface area contributed by atoms with E-state index in [0.717, 1.165) is 30.7 Å². The fourth-order valence-corrected chi connectivity index (χ4v) is 2.90. The molecule has 5 nitrogen and oxygen atoms in total. The van der Waals surface area contributed by atoms with E-state index in [-0.39, 0.29) is 11.9 Å². The van der Waals surface area contributed by atoms with Crippen LogP contribution < -0.4 is 11.1 Å². The van der Waals surface area contributed by atoms with Crippen LogP contribution in [0.5, 0.6) is 0 Å². The van der Waals surface area contributed by atoms with Gasteiger partial charge in [-0.1, -0.05) is 12.8 Å². The normalized spacial score (nSPS) is 19.7. The topological polar surface area (TPSA) is 88.2 Å². The summed E-state index contributed by atoms with van der Waals surface area (Å²) in [6.07, 6.45) is 3.57. The molecule has 100 valence electrons. The second-order valence-electron chi connectivity index (χ2n) is 4.97. The van der Waals surface area contributed by atoms with Crippen molar-refractivity contribution in [3.05, 3.63) is 16.1 Å². The zero-order valence-electron chi connectivity index (χ0n) is 10.5. The number of hydrogen-bond donors (Lipinski definition) is 3. The molecule has 1 unspecified atom stereocenters. The number of carbonyl (C=O) groups is 1. The average molecular weight is 269 g/mol. The number of aliphatic hydroxyl groups is 1. The molecular weight excluding hydrogens is 250 g/mol. The highest BCUT2D eigenvalue weighted by atomic mass is 32.1. The maximum atomic E-state index is 11.9. The van der Waals surface area contributed by atoms with Crippen LogP contribution in [0.2, 0.25) is 0 Å². The summed E-state index contributed by atoms with van der Waals surface area (Å²) in [6, 6.07) is -0.157. The zero-order chi connectivity index (χ0) is 13.2. The first kappa shape index (κ1) is 13.5. The molecular formula is C12H19N3O2S. The van der Waals surface area contributed by atoms with Crippen molar-refractivity contribution in [2.75, 3.05) is 6.54 Å². The van der Waals surface area contributed by atoms with Crippen molar-refractivity contribution >= 4 is 17.2 Å². The number of aromatic nitrogens is 1. The molecule has 2 rings (SSSR count). The summed E-state index contributed by atoms with van der Waals surface area (Å²) < 4.78 is 0. The van der Waals surface area contributed by atoms with Gasteiger partial charge in [-0.05, 0) is 19.8 Å². The Morgan fingerprint density at radius 3 is 2.89 bits per heavy atom. The molecule has 1 fully saturated rings. The zero-order valence-corrected chi connectivity index (χ0v) is 11.3. The Kier molecular flexibility index (Phi) is 3.99. The smallest absolute Gasteiger partial charge is 0.270 e. The third kappa shape index (κ3) is 3.07. The van der Waals surface area contributed by atoms with Crippen LogP contribution in [-0.2, 0) is 0 Å². The van der Waals surface area contributed by atoms with E-state index in [1.165, 1.54) is 11.3 Å². The van der Waals surface area contributed by atoms with Gasteiger partial charge in [0.05, 0.1) is 11.6 Å². The van der Waals surface area contributed by atoms with Gasteiger partial charge in [0.25, 0.3) is 5.91 Å². The number of nitrogens with zero attached hydrogens (tertiary/aromatic N) is 1. The molecule has 0 aromatic carbocycles. The molecule has 6 heteroatoms. The monoisotopic (exact) mass is 269 g/mol. The number of nitrogens with one attached hydrogen (secondary N) is 1. The minimum atomic E-state index is -0.727. The molecule has 1 aromatic heterocycles. The summed E-state index contributed by atoms with van der Waals surface area (Å²) in [6.45, 7) is 2.14. The Bertz CT molecular complexity index is 425. The average Bonchev–Trinajstić information content (AvgIpc) is 2.95. The van der Waals surface area contributed by atoms with E-state index >= 15 is 0 Å². The van der Waals surface area contributed by atoms with Gasteiger partial charge in [-0.2, -0.15) is 0 Å². The lowest BCUT2D eigenvalue weighted by molar-refractivity contribution is 0.0448. The van der Waals surface area contributed by atoms with Crippen molar-refractivity contribution in [2.45, 2.75) is 44.2 Å². The van der Waals surface area contributed by atoms with Crippen LogP contribution in [0.3, 0.4) is 0 Å². The van der Waals surface area contributed by atoms with Gasteiger partial charge >= 0.3 is 0 Å². The third-order valence-corrected chi connectivity index (χ3v) is 4.30. The van der Waals surface area contributed by atoms with Crippen molar-refractivity contribution in [1.82, 2.24) is 10.3 Å². The molecule has 1 aliphatic rings. The van der Waals surface area contributed by atoms with E-state index in [1.807, 2.05) is 6.92 Å². The Morgan fingerprint density at radius 1 is 1.67 bits per heavy atom. The standard InChI is InChI=1S/C12H19N3O2S/c1-8(13)11-15-9(6-18-11)10(16)14-7-12(17)4-2-3-5-12/h6,8,17H,2-5,7,13H2,1H3,(H,14,16). The van der Waals surface area contributed by atoms with Gasteiger partial charge in [-0.25, -0.2) is 4.98 Å². The molecule has 1 saturated carbocycles. The van der Waals surface area contributed by atoms with Crippen LogP contribution in [-0.4, -0.2) is 28.1 Å². The number of thiazole rings is 1. The fourth-order valence-electron chi connectivity index (χ4n) is 2.15. The Labute approximate surface area is 110 Å². The molecule has 1 atom stereocenters. The van der Waals surface area contributed by atoms with Crippen LogP contribution in [0.4, 0.5) is 0 Å². The SMILES string of the molecule is CC(N)c1nc(C(=O)NCC2(O)CCCC2)cs1. The van der Waals surface area contributed by atoms with Gasteiger partial charge in [0.1, 0.15) is 10.7 Å². The van der Waals surface area contributed by atoms with Gasteiger partial charge < -0.3 is 16.2 Å². The first-order chi connectivity index (χ1) is 8.50. The lowest BCUT2D eigenvalue weighted by Crippen LogP contribution is -2.40. The maximum absolute atomic E-state index is 11.9. The second-order valence-corrected chi connectivity index (χ2v) is 5.86. The van der Waals surface area contributed by atoms with E-state index < -0.39 is 5.60 Å². The first-order valence-electron chi connectivity index (χ1n) is 6.22. The molecule has 0 saturated heterocycles. The van der Waals surface area contributed by atoms with Crippen LogP contribution in [0, 0.1) is 0 Å². The third-order valence-electron chi connectivity index (χ3n) is 3.26. The molecule has 1 amide bonds. The number of rotatable bonds is 4. The summed E-state index contributed by atoms with van der Waals surface area (Å²) in [4.78, 5) is 16.0. The summed E-state index contributed by atoms with van der Waals surface area (Å²) in [5.74, 6) is -0.238. The summed E-state index contributed by atoms with van der Waals surface area (Å²) in [5.41, 5.74) is 5.35. The number of nitrogens with two attached hydrogens (primary N) is 1. The molecule has 0 spiro atoms. The minimum Gasteiger partial charge on any atom is -0.388 e. The largest absolute Gasteiger partial charge is 0.388 e. The van der Waals surface area contributed by atoms with Gasteiger partial charge in [-0.3, -0.25) is 4.79 Å². The fraction of sp³-hybridized carbons (Fsp3) is 0.667. The van der Waals surface area contributed by atoms with Crippen molar-refractivity contribution < 1.29 is 9.90 Å². The summed E-state index contributed by atoms with van der Waals surface area (Å²) >= 11 is 1.38. The van der Waals surface area contributed by atoms with Crippen molar-refractivity contribution in [3.63, 3.8) is 0 Å². The van der Waals surface area contributed by atoms with E-state index in [0.29, 0.717) is 12.2 Å². The predicted octanol–water partition coefficient (Wildman–Crippen LogP) is 1.20.